The van der Waals surface area contributed by atoms with E-state index in [1.54, 1.807) is 0 Å². The smallest absolute Gasteiger partial charge is 0.341 e. The van der Waals surface area contributed by atoms with Gasteiger partial charge < -0.3 is 9.47 Å². The molecule has 2 rings (SSSR count). The molecule has 1 fully saturated rings. The number of benzene rings is 1. The molecule has 0 aliphatic heterocycles. The van der Waals surface area contributed by atoms with E-state index in [2.05, 4.69) is 6.07 Å². The van der Waals surface area contributed by atoms with Gasteiger partial charge in [0.25, 0.3) is 0 Å². The molecular weight excluding hydrogens is 252 g/mol. The van der Waals surface area contributed by atoms with Gasteiger partial charge in [-0.1, -0.05) is 25.3 Å². The second-order valence-corrected chi connectivity index (χ2v) is 5.75. The summed E-state index contributed by atoms with van der Waals surface area (Å²) in [4.78, 5) is 11.9. The Morgan fingerprint density at radius 1 is 1.20 bits per heavy atom. The van der Waals surface area contributed by atoms with Gasteiger partial charge in [-0.05, 0) is 50.3 Å². The number of methoxy groups -OCH3 is 1. The molecule has 1 aromatic carbocycles. The number of ether oxygens (including phenoxy) is 2. The summed E-state index contributed by atoms with van der Waals surface area (Å²) < 4.78 is 10.6. The van der Waals surface area contributed by atoms with E-state index in [9.17, 15) is 4.79 Å². The number of carbonyl (C=O) groups excluding carboxylic acids is 1. The minimum Gasteiger partial charge on any atom is -0.490 e. The zero-order valence-electron chi connectivity index (χ0n) is 12.6. The Balaban J connectivity index is 2.29. The van der Waals surface area contributed by atoms with Crippen LogP contribution >= 0.6 is 0 Å². The van der Waals surface area contributed by atoms with Crippen LogP contribution in [-0.4, -0.2) is 19.2 Å². The molecule has 0 N–H and O–H groups in total. The molecule has 3 nitrogen and oxygen atoms in total. The fraction of sp³-hybridized carbons (Fsp3) is 0.588. The third-order valence-corrected chi connectivity index (χ3v) is 3.85. The molecule has 0 radical (unpaired) electrons. The fourth-order valence-electron chi connectivity index (χ4n) is 2.86. The van der Waals surface area contributed by atoms with Crippen molar-refractivity contribution >= 4 is 5.97 Å². The molecule has 0 amide bonds. The summed E-state index contributed by atoms with van der Waals surface area (Å²) in [6.07, 6.45) is 6.36. The van der Waals surface area contributed by atoms with E-state index in [0.29, 0.717) is 17.2 Å². The maximum Gasteiger partial charge on any atom is 0.341 e. The Morgan fingerprint density at radius 2 is 1.90 bits per heavy atom. The monoisotopic (exact) mass is 276 g/mol. The lowest BCUT2D eigenvalue weighted by atomic mass is 9.83. The molecule has 1 saturated carbocycles. The normalized spacial score (nSPS) is 16.2. The van der Waals surface area contributed by atoms with Crippen LogP contribution in [0, 0.1) is 0 Å². The molecule has 0 spiro atoms. The van der Waals surface area contributed by atoms with Crippen LogP contribution in [0.3, 0.4) is 0 Å². The third kappa shape index (κ3) is 3.53. The predicted octanol–water partition coefficient (Wildman–Crippen LogP) is 4.31. The Bertz CT molecular complexity index is 459. The second kappa shape index (κ2) is 6.78. The van der Waals surface area contributed by atoms with Gasteiger partial charge in [-0.25, -0.2) is 4.79 Å². The second-order valence-electron chi connectivity index (χ2n) is 5.75. The van der Waals surface area contributed by atoms with Crippen molar-refractivity contribution in [3.8, 4) is 5.75 Å². The first kappa shape index (κ1) is 14.9. The van der Waals surface area contributed by atoms with Crippen LogP contribution in [0.15, 0.2) is 18.2 Å². The first-order valence-electron chi connectivity index (χ1n) is 7.50. The standard InChI is InChI=1S/C17H24O3/c1-12(2)20-16-10-9-14(11-15(16)17(18)19-3)13-7-5-4-6-8-13/h9-13H,4-8H2,1-3H3. The van der Waals surface area contributed by atoms with Gasteiger partial charge in [0.2, 0.25) is 0 Å². The quantitative estimate of drug-likeness (QED) is 0.769. The topological polar surface area (TPSA) is 35.5 Å². The zero-order valence-corrected chi connectivity index (χ0v) is 12.6. The van der Waals surface area contributed by atoms with Crippen molar-refractivity contribution in [2.24, 2.45) is 0 Å². The van der Waals surface area contributed by atoms with Gasteiger partial charge in [-0.3, -0.25) is 0 Å². The maximum atomic E-state index is 11.9. The molecule has 0 atom stereocenters. The highest BCUT2D eigenvalue weighted by Crippen LogP contribution is 2.35. The number of hydrogen-bond donors (Lipinski definition) is 0. The van der Waals surface area contributed by atoms with Crippen LogP contribution in [0.4, 0.5) is 0 Å². The van der Waals surface area contributed by atoms with E-state index in [1.807, 2.05) is 26.0 Å². The Kier molecular flexibility index (Phi) is 5.05. The van der Waals surface area contributed by atoms with Crippen molar-refractivity contribution in [1.29, 1.82) is 0 Å². The average molecular weight is 276 g/mol. The van der Waals surface area contributed by atoms with Crippen molar-refractivity contribution in [2.45, 2.75) is 58.0 Å². The van der Waals surface area contributed by atoms with Crippen LogP contribution < -0.4 is 4.74 Å². The molecule has 1 aliphatic rings. The summed E-state index contributed by atoms with van der Waals surface area (Å²) in [7, 11) is 1.41. The summed E-state index contributed by atoms with van der Waals surface area (Å²) in [6.45, 7) is 3.91. The van der Waals surface area contributed by atoms with Gasteiger partial charge in [0, 0.05) is 0 Å². The summed E-state index contributed by atoms with van der Waals surface area (Å²) >= 11 is 0. The van der Waals surface area contributed by atoms with Crippen molar-refractivity contribution < 1.29 is 14.3 Å². The van der Waals surface area contributed by atoms with E-state index in [4.69, 9.17) is 9.47 Å². The van der Waals surface area contributed by atoms with E-state index in [-0.39, 0.29) is 12.1 Å². The van der Waals surface area contributed by atoms with E-state index in [0.717, 1.165) is 0 Å². The molecule has 3 heteroatoms. The van der Waals surface area contributed by atoms with Gasteiger partial charge in [0.05, 0.1) is 13.2 Å². The van der Waals surface area contributed by atoms with Crippen molar-refractivity contribution in [1.82, 2.24) is 0 Å². The SMILES string of the molecule is COC(=O)c1cc(C2CCCCC2)ccc1OC(C)C. The number of hydrogen-bond acceptors (Lipinski definition) is 3. The zero-order chi connectivity index (χ0) is 14.5. The summed E-state index contributed by atoms with van der Waals surface area (Å²) in [5, 5.41) is 0. The summed E-state index contributed by atoms with van der Waals surface area (Å²) in [6, 6.07) is 5.97. The molecule has 110 valence electrons. The molecule has 1 aromatic rings. The highest BCUT2D eigenvalue weighted by molar-refractivity contribution is 5.92. The summed E-state index contributed by atoms with van der Waals surface area (Å²) in [5.74, 6) is 0.866. The van der Waals surface area contributed by atoms with Gasteiger partial charge in [-0.2, -0.15) is 0 Å². The van der Waals surface area contributed by atoms with E-state index < -0.39 is 0 Å². The van der Waals surface area contributed by atoms with Crippen molar-refractivity contribution in [2.75, 3.05) is 7.11 Å². The largest absolute Gasteiger partial charge is 0.490 e. The Morgan fingerprint density at radius 3 is 2.50 bits per heavy atom. The van der Waals surface area contributed by atoms with Crippen molar-refractivity contribution in [3.05, 3.63) is 29.3 Å². The minimum atomic E-state index is -0.321. The number of carbonyl (C=O) groups is 1. The molecule has 20 heavy (non-hydrogen) atoms. The van der Waals surface area contributed by atoms with Crippen LogP contribution in [0.5, 0.6) is 5.75 Å². The Labute approximate surface area is 121 Å². The third-order valence-electron chi connectivity index (χ3n) is 3.85. The molecule has 0 saturated heterocycles. The molecule has 0 unspecified atom stereocenters. The minimum absolute atomic E-state index is 0.0407. The van der Waals surface area contributed by atoms with E-state index >= 15 is 0 Å². The molecule has 1 aliphatic carbocycles. The van der Waals surface area contributed by atoms with Crippen LogP contribution in [0.1, 0.15) is 67.8 Å². The fourth-order valence-corrected chi connectivity index (χ4v) is 2.86. The molecule has 0 aromatic heterocycles. The highest BCUT2D eigenvalue weighted by Gasteiger charge is 2.20. The lowest BCUT2D eigenvalue weighted by molar-refractivity contribution is 0.0594. The first-order valence-corrected chi connectivity index (χ1v) is 7.50. The number of rotatable bonds is 4. The van der Waals surface area contributed by atoms with Crippen LogP contribution in [0.2, 0.25) is 0 Å². The van der Waals surface area contributed by atoms with Gasteiger partial charge in [-0.15, -0.1) is 0 Å². The Hall–Kier alpha value is -1.51. The van der Waals surface area contributed by atoms with Gasteiger partial charge in [0.15, 0.2) is 0 Å². The van der Waals surface area contributed by atoms with Gasteiger partial charge >= 0.3 is 5.97 Å². The molecular formula is C17H24O3. The van der Waals surface area contributed by atoms with Crippen molar-refractivity contribution in [3.63, 3.8) is 0 Å². The first-order chi connectivity index (χ1) is 9.61. The van der Waals surface area contributed by atoms with Crippen LogP contribution in [0.25, 0.3) is 0 Å². The highest BCUT2D eigenvalue weighted by atomic mass is 16.5. The maximum absolute atomic E-state index is 11.9. The summed E-state index contributed by atoms with van der Waals surface area (Å²) in [5.41, 5.74) is 1.78. The average Bonchev–Trinajstić information content (AvgIpc) is 2.47. The lowest BCUT2D eigenvalue weighted by Gasteiger charge is -2.23. The molecule has 0 bridgehead atoms. The van der Waals surface area contributed by atoms with Gasteiger partial charge in [0.1, 0.15) is 11.3 Å². The predicted molar refractivity (Wildman–Crippen MR) is 79.4 cm³/mol. The van der Waals surface area contributed by atoms with E-state index in [1.165, 1.54) is 44.8 Å². The molecule has 0 heterocycles. The lowest BCUT2D eigenvalue weighted by Crippen LogP contribution is -2.12. The number of esters is 1. The van der Waals surface area contributed by atoms with Crippen LogP contribution in [-0.2, 0) is 4.74 Å².